The van der Waals surface area contributed by atoms with Crippen molar-refractivity contribution < 1.29 is 10.0 Å². The van der Waals surface area contributed by atoms with Crippen LogP contribution in [0.3, 0.4) is 0 Å². The summed E-state index contributed by atoms with van der Waals surface area (Å²) in [5.41, 5.74) is 0.960. The molecule has 0 amide bonds. The average Bonchev–Trinajstić information content (AvgIpc) is 2.99. The van der Waals surface area contributed by atoms with Gasteiger partial charge in [0.25, 0.3) is 5.69 Å². The van der Waals surface area contributed by atoms with Gasteiger partial charge in [-0.05, 0) is 30.4 Å². The zero-order chi connectivity index (χ0) is 15.2. The standard InChI is InChI=1S/C15H18N2O3S/c1-11(8-14(18)15-6-3-7-21-15)16-10-12-4-2-5-13(9-12)17(19)20/h2-7,9,11,14,16,18H,8,10H2,1H3. The van der Waals surface area contributed by atoms with E-state index in [0.29, 0.717) is 13.0 Å². The largest absolute Gasteiger partial charge is 0.388 e. The lowest BCUT2D eigenvalue weighted by molar-refractivity contribution is -0.384. The van der Waals surface area contributed by atoms with Gasteiger partial charge >= 0.3 is 0 Å². The van der Waals surface area contributed by atoms with Crippen LogP contribution in [0.2, 0.25) is 0 Å². The zero-order valence-corrected chi connectivity index (χ0v) is 12.5. The van der Waals surface area contributed by atoms with E-state index >= 15 is 0 Å². The quantitative estimate of drug-likeness (QED) is 0.608. The van der Waals surface area contributed by atoms with Crippen LogP contribution in [0, 0.1) is 10.1 Å². The van der Waals surface area contributed by atoms with Crippen molar-refractivity contribution in [1.29, 1.82) is 0 Å². The molecule has 0 aliphatic rings. The lowest BCUT2D eigenvalue weighted by Gasteiger charge is -2.17. The number of nitrogens with one attached hydrogen (secondary N) is 1. The van der Waals surface area contributed by atoms with Gasteiger partial charge < -0.3 is 10.4 Å². The fourth-order valence-corrected chi connectivity index (χ4v) is 2.81. The Hall–Kier alpha value is -1.76. The first kappa shape index (κ1) is 15.6. The molecule has 0 bridgehead atoms. The van der Waals surface area contributed by atoms with E-state index in [4.69, 9.17) is 0 Å². The number of hydrogen-bond donors (Lipinski definition) is 2. The van der Waals surface area contributed by atoms with E-state index in [2.05, 4.69) is 5.32 Å². The molecule has 0 fully saturated rings. The van der Waals surface area contributed by atoms with E-state index in [1.54, 1.807) is 12.1 Å². The van der Waals surface area contributed by atoms with Crippen LogP contribution in [-0.4, -0.2) is 16.1 Å². The molecular weight excluding hydrogens is 288 g/mol. The van der Waals surface area contributed by atoms with Crippen LogP contribution in [0.5, 0.6) is 0 Å². The predicted molar refractivity (Wildman–Crippen MR) is 83.3 cm³/mol. The number of aliphatic hydroxyl groups excluding tert-OH is 1. The molecule has 0 spiro atoms. The average molecular weight is 306 g/mol. The van der Waals surface area contributed by atoms with Gasteiger partial charge in [-0.3, -0.25) is 10.1 Å². The molecule has 5 nitrogen and oxygen atoms in total. The molecule has 2 rings (SSSR count). The number of nitro benzene ring substituents is 1. The van der Waals surface area contributed by atoms with Crippen molar-refractivity contribution in [1.82, 2.24) is 5.32 Å². The van der Waals surface area contributed by atoms with E-state index in [9.17, 15) is 15.2 Å². The molecule has 1 aromatic heterocycles. The van der Waals surface area contributed by atoms with Crippen LogP contribution in [0.25, 0.3) is 0 Å². The Kier molecular flexibility index (Phi) is 5.44. The molecule has 0 aliphatic carbocycles. The fraction of sp³-hybridized carbons (Fsp3) is 0.333. The minimum atomic E-state index is -0.474. The molecule has 0 radical (unpaired) electrons. The molecule has 2 atom stereocenters. The third kappa shape index (κ3) is 4.63. The molecule has 1 aromatic carbocycles. The summed E-state index contributed by atoms with van der Waals surface area (Å²) >= 11 is 1.54. The number of nitro groups is 1. The summed E-state index contributed by atoms with van der Waals surface area (Å²) in [5.74, 6) is 0. The van der Waals surface area contributed by atoms with Crippen molar-refractivity contribution in [2.75, 3.05) is 0 Å². The Labute approximate surface area is 127 Å². The molecule has 2 unspecified atom stereocenters. The van der Waals surface area contributed by atoms with Crippen molar-refractivity contribution in [3.8, 4) is 0 Å². The molecule has 2 aromatic rings. The fourth-order valence-electron chi connectivity index (χ4n) is 2.09. The Morgan fingerprint density at radius 1 is 1.38 bits per heavy atom. The molecule has 0 aliphatic heterocycles. The maximum absolute atomic E-state index is 10.7. The van der Waals surface area contributed by atoms with Gasteiger partial charge in [0.1, 0.15) is 0 Å². The summed E-state index contributed by atoms with van der Waals surface area (Å²) in [5, 5.41) is 26.0. The molecule has 21 heavy (non-hydrogen) atoms. The molecular formula is C15H18N2O3S. The number of thiophene rings is 1. The molecule has 0 saturated carbocycles. The van der Waals surface area contributed by atoms with Crippen molar-refractivity contribution in [3.05, 3.63) is 62.3 Å². The number of rotatable bonds is 7. The number of hydrogen-bond acceptors (Lipinski definition) is 5. The predicted octanol–water partition coefficient (Wildman–Crippen LogP) is 3.26. The summed E-state index contributed by atoms with van der Waals surface area (Å²) in [7, 11) is 0. The van der Waals surface area contributed by atoms with E-state index in [-0.39, 0.29) is 11.7 Å². The number of benzene rings is 1. The van der Waals surface area contributed by atoms with Gasteiger partial charge in [0, 0.05) is 29.6 Å². The number of non-ortho nitro benzene ring substituents is 1. The van der Waals surface area contributed by atoms with Gasteiger partial charge in [0.15, 0.2) is 0 Å². The first-order chi connectivity index (χ1) is 10.1. The summed E-state index contributed by atoms with van der Waals surface area (Å²) in [6, 6.07) is 10.5. The third-order valence-corrected chi connectivity index (χ3v) is 4.20. The van der Waals surface area contributed by atoms with E-state index in [1.165, 1.54) is 17.4 Å². The second-order valence-corrected chi connectivity index (χ2v) is 5.96. The van der Waals surface area contributed by atoms with Crippen LogP contribution in [0.4, 0.5) is 5.69 Å². The maximum atomic E-state index is 10.7. The van der Waals surface area contributed by atoms with Gasteiger partial charge in [-0.25, -0.2) is 0 Å². The zero-order valence-electron chi connectivity index (χ0n) is 11.7. The Balaban J connectivity index is 1.85. The first-order valence-electron chi connectivity index (χ1n) is 6.74. The molecule has 6 heteroatoms. The summed E-state index contributed by atoms with van der Waals surface area (Å²) in [6.07, 6.45) is 0.132. The Bertz CT molecular complexity index is 586. The molecule has 2 N–H and O–H groups in total. The molecule has 112 valence electrons. The van der Waals surface area contributed by atoms with Crippen molar-refractivity contribution in [2.24, 2.45) is 0 Å². The van der Waals surface area contributed by atoms with Gasteiger partial charge in [0.2, 0.25) is 0 Å². The van der Waals surface area contributed by atoms with Crippen LogP contribution in [-0.2, 0) is 6.54 Å². The first-order valence-corrected chi connectivity index (χ1v) is 7.62. The highest BCUT2D eigenvalue weighted by molar-refractivity contribution is 7.10. The minimum Gasteiger partial charge on any atom is -0.388 e. The van der Waals surface area contributed by atoms with E-state index in [1.807, 2.05) is 30.5 Å². The van der Waals surface area contributed by atoms with E-state index < -0.39 is 11.0 Å². The topological polar surface area (TPSA) is 75.4 Å². The number of nitrogens with zero attached hydrogens (tertiary/aromatic N) is 1. The van der Waals surface area contributed by atoms with E-state index in [0.717, 1.165) is 10.4 Å². The highest BCUT2D eigenvalue weighted by Crippen LogP contribution is 2.23. The lowest BCUT2D eigenvalue weighted by Crippen LogP contribution is -2.27. The smallest absolute Gasteiger partial charge is 0.269 e. The highest BCUT2D eigenvalue weighted by atomic mass is 32.1. The summed E-state index contributed by atoms with van der Waals surface area (Å²) in [6.45, 7) is 2.54. The van der Waals surface area contributed by atoms with Crippen molar-refractivity contribution in [3.63, 3.8) is 0 Å². The van der Waals surface area contributed by atoms with Gasteiger partial charge in [-0.2, -0.15) is 0 Å². The van der Waals surface area contributed by atoms with Gasteiger partial charge in [-0.1, -0.05) is 18.2 Å². The van der Waals surface area contributed by atoms with Crippen LogP contribution in [0.1, 0.15) is 29.9 Å². The van der Waals surface area contributed by atoms with Crippen LogP contribution in [0.15, 0.2) is 41.8 Å². The maximum Gasteiger partial charge on any atom is 0.269 e. The van der Waals surface area contributed by atoms with Crippen LogP contribution < -0.4 is 5.32 Å². The number of aliphatic hydroxyl groups is 1. The Morgan fingerprint density at radius 3 is 2.86 bits per heavy atom. The highest BCUT2D eigenvalue weighted by Gasteiger charge is 2.13. The molecule has 1 heterocycles. The third-order valence-electron chi connectivity index (χ3n) is 3.22. The van der Waals surface area contributed by atoms with Crippen molar-refractivity contribution in [2.45, 2.75) is 32.0 Å². The lowest BCUT2D eigenvalue weighted by atomic mass is 10.1. The second kappa shape index (κ2) is 7.31. The molecule has 0 saturated heterocycles. The van der Waals surface area contributed by atoms with Crippen LogP contribution >= 0.6 is 11.3 Å². The monoisotopic (exact) mass is 306 g/mol. The normalized spacial score (nSPS) is 13.8. The summed E-state index contributed by atoms with van der Waals surface area (Å²) < 4.78 is 0. The minimum absolute atomic E-state index is 0.0978. The Morgan fingerprint density at radius 2 is 2.19 bits per heavy atom. The second-order valence-electron chi connectivity index (χ2n) is 4.98. The SMILES string of the molecule is CC(CC(O)c1cccs1)NCc1cccc([N+](=O)[O-])c1. The van der Waals surface area contributed by atoms with Gasteiger partial charge in [0.05, 0.1) is 11.0 Å². The van der Waals surface area contributed by atoms with Crippen molar-refractivity contribution >= 4 is 17.0 Å². The summed E-state index contributed by atoms with van der Waals surface area (Å²) in [4.78, 5) is 11.3. The van der Waals surface area contributed by atoms with Gasteiger partial charge in [-0.15, -0.1) is 11.3 Å².